The van der Waals surface area contributed by atoms with E-state index < -0.39 is 23.8 Å². The lowest BCUT2D eigenvalue weighted by molar-refractivity contribution is -0.0947. The fourth-order valence-corrected chi connectivity index (χ4v) is 4.96. The van der Waals surface area contributed by atoms with Gasteiger partial charge >= 0.3 is 12.1 Å². The van der Waals surface area contributed by atoms with Crippen molar-refractivity contribution in [2.24, 2.45) is 0 Å². The van der Waals surface area contributed by atoms with Crippen molar-refractivity contribution in [1.82, 2.24) is 9.96 Å². The molecule has 194 valence electrons. The topological polar surface area (TPSA) is 76.1 Å². The van der Waals surface area contributed by atoms with E-state index in [2.05, 4.69) is 5.32 Å². The molecule has 7 nitrogen and oxygen atoms in total. The number of amides is 4. The van der Waals surface area contributed by atoms with Gasteiger partial charge in [0.2, 0.25) is 0 Å². The predicted molar refractivity (Wildman–Crippen MR) is 148 cm³/mol. The smallest absolute Gasteiger partial charge is 0.315 e. The molecular weight excluding hydrogens is 558 g/mol. The highest BCUT2D eigenvalue weighted by molar-refractivity contribution is 6.42. The highest BCUT2D eigenvalue weighted by Crippen LogP contribution is 2.40. The van der Waals surface area contributed by atoms with E-state index in [0.717, 1.165) is 5.56 Å². The number of hydrogen-bond donors (Lipinski definition) is 2. The second kappa shape index (κ2) is 11.0. The Bertz CT molecular complexity index is 1320. The van der Waals surface area contributed by atoms with E-state index in [1.54, 1.807) is 36.9 Å². The first-order chi connectivity index (χ1) is 17.5. The van der Waals surface area contributed by atoms with Gasteiger partial charge in [0, 0.05) is 17.9 Å². The van der Waals surface area contributed by atoms with Crippen molar-refractivity contribution in [3.8, 4) is 0 Å². The number of anilines is 2. The lowest BCUT2D eigenvalue weighted by Crippen LogP contribution is -2.58. The van der Waals surface area contributed by atoms with Crippen molar-refractivity contribution < 1.29 is 14.8 Å². The van der Waals surface area contributed by atoms with Crippen LogP contribution in [0.5, 0.6) is 0 Å². The third-order valence-corrected chi connectivity index (χ3v) is 7.75. The van der Waals surface area contributed by atoms with Crippen LogP contribution in [-0.2, 0) is 6.42 Å². The molecule has 11 heteroatoms. The Hall–Kier alpha value is -2.68. The molecule has 1 fully saturated rings. The van der Waals surface area contributed by atoms with Gasteiger partial charge in [-0.25, -0.2) is 9.59 Å². The standard InChI is InChI=1S/C26H24Cl4N4O3/c1-26(2)23(34(37)24(35)31-17-8-10-19(27)21(29)14-17)33(18-9-11-20(28)22(30)15-18)25(36)32(26)13-12-16-6-4-3-5-7-16/h3-11,14-15,23,37H,12-13H2,1-2H3,(H,31,35)/t23-/m1/s1. The van der Waals surface area contributed by atoms with Crippen molar-refractivity contribution in [2.75, 3.05) is 16.8 Å². The van der Waals surface area contributed by atoms with Crippen LogP contribution in [0.3, 0.4) is 0 Å². The normalized spacial score (nSPS) is 16.7. The van der Waals surface area contributed by atoms with Gasteiger partial charge in [0.25, 0.3) is 0 Å². The molecule has 0 aromatic heterocycles. The van der Waals surface area contributed by atoms with Crippen LogP contribution in [-0.4, -0.2) is 45.5 Å². The molecule has 4 amide bonds. The summed E-state index contributed by atoms with van der Waals surface area (Å²) in [4.78, 5) is 29.9. The van der Waals surface area contributed by atoms with E-state index in [1.165, 1.54) is 23.1 Å². The highest BCUT2D eigenvalue weighted by Gasteiger charge is 2.55. The van der Waals surface area contributed by atoms with Crippen molar-refractivity contribution in [3.63, 3.8) is 0 Å². The Morgan fingerprint density at radius 2 is 1.57 bits per heavy atom. The summed E-state index contributed by atoms with van der Waals surface area (Å²) in [7, 11) is 0. The zero-order valence-electron chi connectivity index (χ0n) is 20.0. The maximum absolute atomic E-state index is 13.8. The number of nitrogens with one attached hydrogen (secondary N) is 1. The van der Waals surface area contributed by atoms with Crippen LogP contribution >= 0.6 is 46.4 Å². The van der Waals surface area contributed by atoms with Crippen LogP contribution in [0.4, 0.5) is 21.0 Å². The number of halogens is 4. The summed E-state index contributed by atoms with van der Waals surface area (Å²) < 4.78 is 0. The zero-order chi connectivity index (χ0) is 26.9. The summed E-state index contributed by atoms with van der Waals surface area (Å²) >= 11 is 24.4. The van der Waals surface area contributed by atoms with Crippen LogP contribution in [0.15, 0.2) is 66.7 Å². The monoisotopic (exact) mass is 580 g/mol. The molecule has 1 aliphatic rings. The number of carbonyl (C=O) groups excluding carboxylic acids is 2. The van der Waals surface area contributed by atoms with Gasteiger partial charge in [0.05, 0.1) is 25.6 Å². The van der Waals surface area contributed by atoms with E-state index in [9.17, 15) is 14.8 Å². The highest BCUT2D eigenvalue weighted by atomic mass is 35.5. The quantitative estimate of drug-likeness (QED) is 0.230. The van der Waals surface area contributed by atoms with Gasteiger partial charge < -0.3 is 10.2 Å². The van der Waals surface area contributed by atoms with E-state index in [4.69, 9.17) is 46.4 Å². The number of nitrogens with zero attached hydrogens (tertiary/aromatic N) is 3. The second-order valence-electron chi connectivity index (χ2n) is 9.07. The minimum Gasteiger partial charge on any atom is -0.315 e. The predicted octanol–water partition coefficient (Wildman–Crippen LogP) is 7.81. The number of hydroxylamine groups is 2. The molecule has 4 rings (SSSR count). The Morgan fingerprint density at radius 3 is 2.19 bits per heavy atom. The summed E-state index contributed by atoms with van der Waals surface area (Å²) in [6.07, 6.45) is -0.533. The molecule has 37 heavy (non-hydrogen) atoms. The number of hydrogen-bond acceptors (Lipinski definition) is 3. The van der Waals surface area contributed by atoms with Crippen LogP contribution in [0, 0.1) is 0 Å². The summed E-state index contributed by atoms with van der Waals surface area (Å²) in [6, 6.07) is 17.7. The van der Waals surface area contributed by atoms with Crippen LogP contribution in [0.2, 0.25) is 20.1 Å². The summed E-state index contributed by atoms with van der Waals surface area (Å²) in [5.74, 6) is 0. The number of rotatable bonds is 6. The minimum atomic E-state index is -1.12. The SMILES string of the molecule is CC1(C)[C@@H](N(O)C(=O)Nc2ccc(Cl)c(Cl)c2)N(c2ccc(Cl)c(Cl)c2)C(=O)N1CCc1ccccc1. The fraction of sp³-hybridized carbons (Fsp3) is 0.231. The van der Waals surface area contributed by atoms with Crippen LogP contribution in [0.25, 0.3) is 0 Å². The van der Waals surface area contributed by atoms with Gasteiger partial charge in [0.1, 0.15) is 0 Å². The van der Waals surface area contributed by atoms with Gasteiger partial charge in [-0.05, 0) is 62.2 Å². The van der Waals surface area contributed by atoms with Crippen molar-refractivity contribution >= 4 is 69.8 Å². The molecule has 3 aromatic rings. The van der Waals surface area contributed by atoms with Crippen molar-refractivity contribution in [1.29, 1.82) is 0 Å². The van der Waals surface area contributed by atoms with Gasteiger partial charge in [0.15, 0.2) is 6.17 Å². The van der Waals surface area contributed by atoms with E-state index in [-0.39, 0.29) is 10.0 Å². The number of urea groups is 2. The Balaban J connectivity index is 1.68. The average molecular weight is 582 g/mol. The third-order valence-electron chi connectivity index (χ3n) is 6.27. The average Bonchev–Trinajstić information content (AvgIpc) is 3.06. The zero-order valence-corrected chi connectivity index (χ0v) is 23.0. The van der Waals surface area contributed by atoms with Crippen LogP contribution in [0.1, 0.15) is 19.4 Å². The fourth-order valence-electron chi connectivity index (χ4n) is 4.37. The van der Waals surface area contributed by atoms with Gasteiger partial charge in [-0.3, -0.25) is 10.1 Å². The molecule has 0 saturated carbocycles. The molecule has 0 radical (unpaired) electrons. The molecule has 0 bridgehead atoms. The molecule has 1 aliphatic heterocycles. The number of benzene rings is 3. The van der Waals surface area contributed by atoms with E-state index >= 15 is 0 Å². The molecule has 1 saturated heterocycles. The molecular formula is C26H24Cl4N4O3. The maximum Gasteiger partial charge on any atom is 0.347 e. The molecule has 0 spiro atoms. The first kappa shape index (κ1) is 27.4. The lowest BCUT2D eigenvalue weighted by Gasteiger charge is -2.38. The number of carbonyl (C=O) groups is 2. The Morgan fingerprint density at radius 1 is 0.946 bits per heavy atom. The first-order valence-corrected chi connectivity index (χ1v) is 12.9. The molecule has 0 unspecified atom stereocenters. The Labute approximate surface area is 235 Å². The minimum absolute atomic E-state index is 0.232. The summed E-state index contributed by atoms with van der Waals surface area (Å²) in [5.41, 5.74) is 0.736. The first-order valence-electron chi connectivity index (χ1n) is 11.3. The molecule has 2 N–H and O–H groups in total. The van der Waals surface area contributed by atoms with Gasteiger partial charge in [-0.1, -0.05) is 76.7 Å². The summed E-state index contributed by atoms with van der Waals surface area (Å²) in [5, 5.41) is 15.4. The Kier molecular flexibility index (Phi) is 8.11. The van der Waals surface area contributed by atoms with Gasteiger partial charge in [-0.2, -0.15) is 5.06 Å². The molecule has 1 atom stereocenters. The molecule has 3 aromatic carbocycles. The third kappa shape index (κ3) is 5.61. The molecule has 1 heterocycles. The van der Waals surface area contributed by atoms with Crippen LogP contribution < -0.4 is 10.2 Å². The van der Waals surface area contributed by atoms with E-state index in [0.29, 0.717) is 39.4 Å². The molecule has 0 aliphatic carbocycles. The summed E-state index contributed by atoms with van der Waals surface area (Å²) in [6.45, 7) is 3.92. The van der Waals surface area contributed by atoms with E-state index in [1.807, 2.05) is 30.3 Å². The van der Waals surface area contributed by atoms with Gasteiger partial charge in [-0.15, -0.1) is 0 Å². The maximum atomic E-state index is 13.8. The second-order valence-corrected chi connectivity index (χ2v) is 10.7. The lowest BCUT2D eigenvalue weighted by atomic mass is 9.99. The largest absolute Gasteiger partial charge is 0.347 e. The van der Waals surface area contributed by atoms with Crippen molar-refractivity contribution in [2.45, 2.75) is 32.0 Å². The van der Waals surface area contributed by atoms with Crippen molar-refractivity contribution in [3.05, 3.63) is 92.4 Å².